The van der Waals surface area contributed by atoms with Crippen LogP contribution >= 0.6 is 23.4 Å². The minimum Gasteiger partial charge on any atom is -0.496 e. The quantitative estimate of drug-likeness (QED) is 0.790. The van der Waals surface area contributed by atoms with Crippen LogP contribution in [0.3, 0.4) is 0 Å². The maximum atomic E-state index is 12.2. The lowest BCUT2D eigenvalue weighted by Crippen LogP contribution is -2.28. The van der Waals surface area contributed by atoms with E-state index in [1.807, 2.05) is 24.3 Å². The van der Waals surface area contributed by atoms with Crippen molar-refractivity contribution in [1.29, 1.82) is 0 Å². The predicted octanol–water partition coefficient (Wildman–Crippen LogP) is 3.50. The maximum absolute atomic E-state index is 12.2. The van der Waals surface area contributed by atoms with Crippen LogP contribution in [0, 0.1) is 0 Å². The molecule has 0 unspecified atom stereocenters. The molecule has 0 radical (unpaired) electrons. The van der Waals surface area contributed by atoms with Crippen LogP contribution < -0.4 is 9.64 Å². The Kier molecular flexibility index (Phi) is 5.47. The Morgan fingerprint density at radius 2 is 2.10 bits per heavy atom. The third-order valence-corrected chi connectivity index (χ3v) is 4.11. The van der Waals surface area contributed by atoms with Crippen LogP contribution in [0.5, 0.6) is 5.75 Å². The summed E-state index contributed by atoms with van der Waals surface area (Å²) in [6.45, 7) is 0. The monoisotopic (exact) mass is 322 g/mol. The third kappa shape index (κ3) is 4.12. The van der Waals surface area contributed by atoms with Gasteiger partial charge in [-0.25, -0.2) is 4.98 Å². The standard InChI is InChI=1S/C15H15ClN2O2S/c1-18(14-8-7-11(16)9-17-14)15(19)10-21-13-6-4-3-5-12(13)20-2/h3-9H,10H2,1-2H3. The summed E-state index contributed by atoms with van der Waals surface area (Å²) in [6, 6.07) is 11.0. The second-order valence-corrected chi connectivity index (χ2v) is 5.68. The van der Waals surface area contributed by atoms with Crippen molar-refractivity contribution in [3.63, 3.8) is 0 Å². The summed E-state index contributed by atoms with van der Waals surface area (Å²) in [6.07, 6.45) is 1.52. The SMILES string of the molecule is COc1ccccc1SCC(=O)N(C)c1ccc(Cl)cn1. The number of amides is 1. The Morgan fingerprint density at radius 3 is 2.76 bits per heavy atom. The van der Waals surface area contributed by atoms with Gasteiger partial charge in [0.1, 0.15) is 11.6 Å². The van der Waals surface area contributed by atoms with E-state index in [4.69, 9.17) is 16.3 Å². The molecule has 0 N–H and O–H groups in total. The van der Waals surface area contributed by atoms with E-state index in [1.165, 1.54) is 22.9 Å². The molecule has 0 spiro atoms. The molecule has 0 atom stereocenters. The fraction of sp³-hybridized carbons (Fsp3) is 0.200. The number of nitrogens with zero attached hydrogens (tertiary/aromatic N) is 2. The summed E-state index contributed by atoms with van der Waals surface area (Å²) >= 11 is 7.22. The first-order chi connectivity index (χ1) is 10.1. The Labute approximate surface area is 133 Å². The van der Waals surface area contributed by atoms with Gasteiger partial charge in [-0.1, -0.05) is 23.7 Å². The number of carbonyl (C=O) groups is 1. The topological polar surface area (TPSA) is 42.4 Å². The minimum atomic E-state index is -0.0410. The van der Waals surface area contributed by atoms with Gasteiger partial charge >= 0.3 is 0 Å². The van der Waals surface area contributed by atoms with Crippen LogP contribution in [-0.2, 0) is 4.79 Å². The van der Waals surface area contributed by atoms with Crippen LogP contribution in [0.1, 0.15) is 0 Å². The number of methoxy groups -OCH3 is 1. The van der Waals surface area contributed by atoms with Crippen molar-refractivity contribution in [1.82, 2.24) is 4.98 Å². The Hall–Kier alpha value is -1.72. The lowest BCUT2D eigenvalue weighted by molar-refractivity contribution is -0.115. The highest BCUT2D eigenvalue weighted by Crippen LogP contribution is 2.29. The second-order valence-electron chi connectivity index (χ2n) is 4.23. The van der Waals surface area contributed by atoms with Crippen LogP contribution in [0.2, 0.25) is 5.02 Å². The van der Waals surface area contributed by atoms with Crippen molar-refractivity contribution >= 4 is 35.1 Å². The Morgan fingerprint density at radius 1 is 1.33 bits per heavy atom. The van der Waals surface area contributed by atoms with Crippen molar-refractivity contribution in [3.05, 3.63) is 47.6 Å². The highest BCUT2D eigenvalue weighted by Gasteiger charge is 2.13. The van der Waals surface area contributed by atoms with Crippen molar-refractivity contribution in [2.75, 3.05) is 24.8 Å². The number of hydrogen-bond donors (Lipinski definition) is 0. The molecule has 0 saturated carbocycles. The molecule has 1 heterocycles. The zero-order valence-electron chi connectivity index (χ0n) is 11.7. The zero-order chi connectivity index (χ0) is 15.2. The fourth-order valence-corrected chi connectivity index (χ4v) is 2.72. The fourth-order valence-electron chi connectivity index (χ4n) is 1.67. The highest BCUT2D eigenvalue weighted by atomic mass is 35.5. The van der Waals surface area contributed by atoms with Crippen LogP contribution in [-0.4, -0.2) is 30.8 Å². The van der Waals surface area contributed by atoms with E-state index < -0.39 is 0 Å². The normalized spacial score (nSPS) is 10.2. The largest absolute Gasteiger partial charge is 0.496 e. The summed E-state index contributed by atoms with van der Waals surface area (Å²) in [5, 5.41) is 0.544. The van der Waals surface area contributed by atoms with Gasteiger partial charge in [0.05, 0.1) is 17.9 Å². The van der Waals surface area contributed by atoms with Crippen molar-refractivity contribution in [2.24, 2.45) is 0 Å². The summed E-state index contributed by atoms with van der Waals surface area (Å²) in [4.78, 5) is 18.8. The number of carbonyl (C=O) groups excluding carboxylic acids is 1. The number of thioether (sulfide) groups is 1. The van der Waals surface area contributed by atoms with E-state index in [0.29, 0.717) is 16.6 Å². The molecule has 21 heavy (non-hydrogen) atoms. The summed E-state index contributed by atoms with van der Waals surface area (Å²) in [5.74, 6) is 1.61. The summed E-state index contributed by atoms with van der Waals surface area (Å²) in [7, 11) is 3.31. The molecule has 2 aromatic rings. The van der Waals surface area contributed by atoms with Crippen molar-refractivity contribution in [2.45, 2.75) is 4.90 Å². The lowest BCUT2D eigenvalue weighted by Gasteiger charge is -2.16. The van der Waals surface area contributed by atoms with Gasteiger partial charge in [-0.15, -0.1) is 11.8 Å². The molecule has 1 aromatic carbocycles. The summed E-state index contributed by atoms with van der Waals surface area (Å²) < 4.78 is 5.26. The van der Waals surface area contributed by atoms with Crippen molar-refractivity contribution in [3.8, 4) is 5.75 Å². The number of para-hydroxylation sites is 1. The van der Waals surface area contributed by atoms with Gasteiger partial charge in [0.2, 0.25) is 5.91 Å². The molecule has 0 aliphatic carbocycles. The molecular weight excluding hydrogens is 308 g/mol. The number of halogens is 1. The highest BCUT2D eigenvalue weighted by molar-refractivity contribution is 8.00. The van der Waals surface area contributed by atoms with Gasteiger partial charge in [-0.3, -0.25) is 9.69 Å². The zero-order valence-corrected chi connectivity index (χ0v) is 13.3. The number of anilines is 1. The molecule has 1 amide bonds. The van der Waals surface area contributed by atoms with E-state index in [1.54, 1.807) is 26.3 Å². The van der Waals surface area contributed by atoms with E-state index in [2.05, 4.69) is 4.98 Å². The van der Waals surface area contributed by atoms with Gasteiger partial charge in [-0.05, 0) is 24.3 Å². The number of benzene rings is 1. The average molecular weight is 323 g/mol. The number of pyridine rings is 1. The van der Waals surface area contributed by atoms with Crippen LogP contribution in [0.15, 0.2) is 47.5 Å². The van der Waals surface area contributed by atoms with Crippen molar-refractivity contribution < 1.29 is 9.53 Å². The molecule has 0 aliphatic heterocycles. The van der Waals surface area contributed by atoms with E-state index in [9.17, 15) is 4.79 Å². The van der Waals surface area contributed by atoms with E-state index in [-0.39, 0.29) is 5.91 Å². The van der Waals surface area contributed by atoms with Crippen LogP contribution in [0.4, 0.5) is 5.82 Å². The first-order valence-electron chi connectivity index (χ1n) is 6.25. The number of hydrogen-bond acceptors (Lipinski definition) is 4. The second kappa shape index (κ2) is 7.33. The molecule has 2 rings (SSSR count). The van der Waals surface area contributed by atoms with Gasteiger partial charge < -0.3 is 4.74 Å². The number of rotatable bonds is 5. The van der Waals surface area contributed by atoms with E-state index >= 15 is 0 Å². The molecule has 0 fully saturated rings. The smallest absolute Gasteiger partial charge is 0.238 e. The molecule has 0 saturated heterocycles. The minimum absolute atomic E-state index is 0.0410. The third-order valence-electron chi connectivity index (χ3n) is 2.85. The maximum Gasteiger partial charge on any atom is 0.238 e. The van der Waals surface area contributed by atoms with Gasteiger partial charge in [-0.2, -0.15) is 0 Å². The average Bonchev–Trinajstić information content (AvgIpc) is 2.52. The molecule has 1 aromatic heterocycles. The molecule has 0 aliphatic rings. The number of aromatic nitrogens is 1. The Bertz CT molecular complexity index is 619. The van der Waals surface area contributed by atoms with Gasteiger partial charge in [0, 0.05) is 18.1 Å². The molecule has 0 bridgehead atoms. The first-order valence-corrected chi connectivity index (χ1v) is 7.62. The van der Waals surface area contributed by atoms with Gasteiger partial charge in [0.25, 0.3) is 0 Å². The van der Waals surface area contributed by atoms with E-state index in [0.717, 1.165) is 10.6 Å². The van der Waals surface area contributed by atoms with Crippen LogP contribution in [0.25, 0.3) is 0 Å². The van der Waals surface area contributed by atoms with Gasteiger partial charge in [0.15, 0.2) is 0 Å². The lowest BCUT2D eigenvalue weighted by atomic mass is 10.3. The molecular formula is C15H15ClN2O2S. The molecule has 6 heteroatoms. The molecule has 4 nitrogen and oxygen atoms in total. The predicted molar refractivity (Wildman–Crippen MR) is 86.4 cm³/mol. The summed E-state index contributed by atoms with van der Waals surface area (Å²) in [5.41, 5.74) is 0. The number of ether oxygens (including phenoxy) is 1. The molecule has 110 valence electrons. The Balaban J connectivity index is 1.99. The first kappa shape index (κ1) is 15.7.